The lowest BCUT2D eigenvalue weighted by molar-refractivity contribution is -0.122. The summed E-state index contributed by atoms with van der Waals surface area (Å²) in [6.45, 7) is 4.73. The normalized spacial score (nSPS) is 20.4. The lowest BCUT2D eigenvalue weighted by atomic mass is 10.2. The molecule has 11 heteroatoms. The van der Waals surface area contributed by atoms with Gasteiger partial charge in [-0.05, 0) is 81.0 Å². The summed E-state index contributed by atoms with van der Waals surface area (Å²) in [6.07, 6.45) is 4.68. The van der Waals surface area contributed by atoms with E-state index in [1.54, 1.807) is 31.5 Å². The number of alkyl halides is 3. The molecular formula is C23H25F3N4O3S. The number of urea groups is 1. The summed E-state index contributed by atoms with van der Waals surface area (Å²) in [5.74, 6) is -0.469. The van der Waals surface area contributed by atoms with Gasteiger partial charge in [0.15, 0.2) is 6.23 Å². The topological polar surface area (TPSA) is 66.0 Å². The van der Waals surface area contributed by atoms with Crippen molar-refractivity contribution in [2.24, 2.45) is 0 Å². The predicted molar refractivity (Wildman–Crippen MR) is 121 cm³/mol. The second-order valence-corrected chi connectivity index (χ2v) is 9.27. The number of rotatable bonds is 8. The molecule has 2 aliphatic heterocycles. The zero-order valence-corrected chi connectivity index (χ0v) is 19.4. The average molecular weight is 495 g/mol. The smallest absolute Gasteiger partial charge is 0.353 e. The van der Waals surface area contributed by atoms with Crippen LogP contribution in [0.5, 0.6) is 0 Å². The number of pyridine rings is 1. The van der Waals surface area contributed by atoms with Crippen molar-refractivity contribution in [3.05, 3.63) is 54.4 Å². The first-order chi connectivity index (χ1) is 16.2. The predicted octanol–water partition coefficient (Wildman–Crippen LogP) is 4.66. The van der Waals surface area contributed by atoms with Gasteiger partial charge < -0.3 is 9.64 Å². The molecule has 2 fully saturated rings. The van der Waals surface area contributed by atoms with E-state index in [2.05, 4.69) is 9.88 Å². The monoisotopic (exact) mass is 494 g/mol. The molecular weight excluding hydrogens is 469 g/mol. The minimum absolute atomic E-state index is 0.0276. The van der Waals surface area contributed by atoms with E-state index < -0.39 is 29.7 Å². The number of ether oxygens (including phenoxy) is 1. The molecule has 0 saturated carbocycles. The van der Waals surface area contributed by atoms with Crippen molar-refractivity contribution in [1.29, 1.82) is 0 Å². The molecule has 2 aromatic rings. The number of thioether (sulfide) groups is 1. The standard InChI is InChI=1S/C23H25F3N4O3S/c1-16-20(31)30(18-4-6-19(7-5-18)34-23(24,25)26)22(32)29(16)21(17-8-10-27-11-9-17)33-15-14-28-12-2-3-13-28/h4-11,16,21H,2-3,12-15H2,1H3. The van der Waals surface area contributed by atoms with Crippen LogP contribution in [0.2, 0.25) is 0 Å². The van der Waals surface area contributed by atoms with Gasteiger partial charge in [-0.3, -0.25) is 14.7 Å². The van der Waals surface area contributed by atoms with E-state index >= 15 is 0 Å². The number of aromatic nitrogens is 1. The van der Waals surface area contributed by atoms with Crippen molar-refractivity contribution >= 4 is 29.4 Å². The SMILES string of the molecule is CC1C(=O)N(c2ccc(SC(F)(F)F)cc2)C(=O)N1C(OCCN1CCCC1)c1ccncc1. The molecule has 182 valence electrons. The summed E-state index contributed by atoms with van der Waals surface area (Å²) in [5, 5.41) is 0. The number of likely N-dealkylation sites (tertiary alicyclic amines) is 1. The van der Waals surface area contributed by atoms with Crippen LogP contribution >= 0.6 is 11.8 Å². The molecule has 2 aliphatic rings. The van der Waals surface area contributed by atoms with Crippen molar-refractivity contribution in [1.82, 2.24) is 14.8 Å². The molecule has 3 heterocycles. The number of carbonyl (C=O) groups excluding carboxylic acids is 2. The molecule has 1 aromatic carbocycles. The first kappa shape index (κ1) is 24.5. The van der Waals surface area contributed by atoms with Crippen LogP contribution < -0.4 is 4.90 Å². The third kappa shape index (κ3) is 5.53. The molecule has 0 bridgehead atoms. The number of nitrogens with zero attached hydrogens (tertiary/aromatic N) is 4. The molecule has 0 radical (unpaired) electrons. The summed E-state index contributed by atoms with van der Waals surface area (Å²) in [4.78, 5) is 35.1. The van der Waals surface area contributed by atoms with Gasteiger partial charge in [0.25, 0.3) is 5.91 Å². The van der Waals surface area contributed by atoms with Gasteiger partial charge in [-0.1, -0.05) is 0 Å². The Balaban J connectivity index is 1.54. The van der Waals surface area contributed by atoms with Crippen molar-refractivity contribution in [2.75, 3.05) is 31.1 Å². The maximum atomic E-state index is 13.4. The van der Waals surface area contributed by atoms with E-state index in [0.717, 1.165) is 30.8 Å². The highest BCUT2D eigenvalue weighted by molar-refractivity contribution is 8.00. The molecule has 3 amide bonds. The molecule has 0 N–H and O–H groups in total. The Morgan fingerprint density at radius 2 is 1.74 bits per heavy atom. The lowest BCUT2D eigenvalue weighted by Gasteiger charge is -2.30. The molecule has 7 nitrogen and oxygen atoms in total. The second-order valence-electron chi connectivity index (χ2n) is 8.13. The summed E-state index contributed by atoms with van der Waals surface area (Å²) < 4.78 is 44.1. The first-order valence-electron chi connectivity index (χ1n) is 11.0. The maximum Gasteiger partial charge on any atom is 0.446 e. The van der Waals surface area contributed by atoms with Crippen LogP contribution in [0.15, 0.2) is 53.7 Å². The second kappa shape index (κ2) is 10.3. The summed E-state index contributed by atoms with van der Waals surface area (Å²) in [7, 11) is 0. The molecule has 2 unspecified atom stereocenters. The number of anilines is 1. The van der Waals surface area contributed by atoms with E-state index in [1.165, 1.54) is 29.2 Å². The van der Waals surface area contributed by atoms with Crippen molar-refractivity contribution in [2.45, 2.75) is 42.4 Å². The Kier molecular flexibility index (Phi) is 7.44. The number of amides is 3. The molecule has 34 heavy (non-hydrogen) atoms. The number of carbonyl (C=O) groups is 2. The number of benzene rings is 1. The molecule has 0 aliphatic carbocycles. The van der Waals surface area contributed by atoms with Crippen LogP contribution in [0, 0.1) is 0 Å². The number of hydrogen-bond acceptors (Lipinski definition) is 6. The van der Waals surface area contributed by atoms with Gasteiger partial charge in [0.2, 0.25) is 0 Å². The fourth-order valence-electron chi connectivity index (χ4n) is 4.18. The molecule has 0 spiro atoms. The molecule has 2 saturated heterocycles. The van der Waals surface area contributed by atoms with Crippen LogP contribution in [-0.2, 0) is 9.53 Å². The summed E-state index contributed by atoms with van der Waals surface area (Å²) in [5.41, 5.74) is -3.53. The van der Waals surface area contributed by atoms with Crippen LogP contribution in [0.4, 0.5) is 23.7 Å². The summed E-state index contributed by atoms with van der Waals surface area (Å²) in [6, 6.07) is 7.24. The van der Waals surface area contributed by atoms with Crippen LogP contribution in [-0.4, -0.2) is 64.5 Å². The first-order valence-corrected chi connectivity index (χ1v) is 11.8. The zero-order chi connectivity index (χ0) is 24.3. The minimum atomic E-state index is -4.42. The Morgan fingerprint density at radius 1 is 1.09 bits per heavy atom. The van der Waals surface area contributed by atoms with Gasteiger partial charge in [0.1, 0.15) is 6.04 Å². The van der Waals surface area contributed by atoms with Crippen LogP contribution in [0.1, 0.15) is 31.6 Å². The third-order valence-electron chi connectivity index (χ3n) is 5.86. The van der Waals surface area contributed by atoms with Gasteiger partial charge in [-0.15, -0.1) is 0 Å². The highest BCUT2D eigenvalue weighted by atomic mass is 32.2. The Morgan fingerprint density at radius 3 is 2.35 bits per heavy atom. The van der Waals surface area contributed by atoms with Gasteiger partial charge in [-0.25, -0.2) is 9.69 Å². The Hall–Kier alpha value is -2.63. The highest BCUT2D eigenvalue weighted by Crippen LogP contribution is 2.38. The van der Waals surface area contributed by atoms with Crippen molar-refractivity contribution in [3.8, 4) is 0 Å². The molecule has 1 aromatic heterocycles. The van der Waals surface area contributed by atoms with E-state index in [4.69, 9.17) is 4.74 Å². The van der Waals surface area contributed by atoms with E-state index in [9.17, 15) is 22.8 Å². The minimum Gasteiger partial charge on any atom is -0.353 e. The van der Waals surface area contributed by atoms with Crippen molar-refractivity contribution in [3.63, 3.8) is 0 Å². The summed E-state index contributed by atoms with van der Waals surface area (Å²) >= 11 is -0.252. The van der Waals surface area contributed by atoms with Crippen LogP contribution in [0.3, 0.4) is 0 Å². The Bertz CT molecular complexity index is 1000. The van der Waals surface area contributed by atoms with Crippen LogP contribution in [0.25, 0.3) is 0 Å². The van der Waals surface area contributed by atoms with Gasteiger partial charge in [0.05, 0.1) is 12.3 Å². The lowest BCUT2D eigenvalue weighted by Crippen LogP contribution is -2.39. The number of imide groups is 1. The zero-order valence-electron chi connectivity index (χ0n) is 18.6. The fraction of sp³-hybridized carbons (Fsp3) is 0.435. The quantitative estimate of drug-likeness (QED) is 0.393. The molecule has 2 atom stereocenters. The van der Waals surface area contributed by atoms with Crippen molar-refractivity contribution < 1.29 is 27.5 Å². The van der Waals surface area contributed by atoms with E-state index in [1.807, 2.05) is 0 Å². The fourth-order valence-corrected chi connectivity index (χ4v) is 4.72. The van der Waals surface area contributed by atoms with Gasteiger partial charge in [-0.2, -0.15) is 13.2 Å². The average Bonchev–Trinajstić information content (AvgIpc) is 3.39. The number of hydrogen-bond donors (Lipinski definition) is 0. The van der Waals surface area contributed by atoms with E-state index in [0.29, 0.717) is 18.7 Å². The Labute approximate surface area is 199 Å². The van der Waals surface area contributed by atoms with Gasteiger partial charge in [0, 0.05) is 29.4 Å². The highest BCUT2D eigenvalue weighted by Gasteiger charge is 2.47. The maximum absolute atomic E-state index is 13.4. The molecule has 4 rings (SSSR count). The largest absolute Gasteiger partial charge is 0.446 e. The van der Waals surface area contributed by atoms with E-state index in [-0.39, 0.29) is 22.3 Å². The van der Waals surface area contributed by atoms with Gasteiger partial charge >= 0.3 is 11.5 Å². The number of halogens is 3. The third-order valence-corrected chi connectivity index (χ3v) is 6.60.